The fraction of sp³-hybridized carbons (Fsp3) is 0.471. The molecule has 0 saturated carbocycles. The first-order valence-electron chi connectivity index (χ1n) is 7.71. The van der Waals surface area contributed by atoms with Crippen LogP contribution in [-0.4, -0.2) is 36.8 Å². The normalized spacial score (nSPS) is 18.6. The summed E-state index contributed by atoms with van der Waals surface area (Å²) in [6, 6.07) is 10.5. The van der Waals surface area contributed by atoms with Crippen LogP contribution in [0.5, 0.6) is 0 Å². The maximum absolute atomic E-state index is 9.12. The van der Waals surface area contributed by atoms with Gasteiger partial charge in [0.25, 0.3) is 0 Å². The van der Waals surface area contributed by atoms with E-state index in [1.54, 1.807) is 0 Å². The third-order valence-corrected chi connectivity index (χ3v) is 4.27. The largest absolute Gasteiger partial charge is 0.396 e. The Morgan fingerprint density at radius 3 is 3.05 bits per heavy atom. The standard InChI is InChI=1S/C17H23N3O/c1-18-11-15-10-14-4-2-3-5-16(14)19-17(15)20-8-6-13(12-20)7-9-21/h2-5,10,13,18,21H,6-9,11-12H2,1H3. The molecule has 1 atom stereocenters. The van der Waals surface area contributed by atoms with E-state index in [9.17, 15) is 0 Å². The second kappa shape index (κ2) is 6.41. The Kier molecular flexibility index (Phi) is 4.36. The molecule has 21 heavy (non-hydrogen) atoms. The van der Waals surface area contributed by atoms with E-state index in [2.05, 4.69) is 34.5 Å². The second-order valence-corrected chi connectivity index (χ2v) is 5.81. The molecule has 0 spiro atoms. The Bertz CT molecular complexity index is 614. The molecule has 1 fully saturated rings. The first kappa shape index (κ1) is 14.3. The Morgan fingerprint density at radius 2 is 2.24 bits per heavy atom. The van der Waals surface area contributed by atoms with E-state index in [-0.39, 0.29) is 6.61 Å². The number of aliphatic hydroxyl groups excluding tert-OH is 1. The van der Waals surface area contributed by atoms with Gasteiger partial charge in [-0.1, -0.05) is 18.2 Å². The Hall–Kier alpha value is -1.65. The molecule has 4 nitrogen and oxygen atoms in total. The molecule has 2 aromatic rings. The van der Waals surface area contributed by atoms with E-state index in [4.69, 9.17) is 10.1 Å². The molecule has 0 bridgehead atoms. The molecule has 1 unspecified atom stereocenters. The number of nitrogens with zero attached hydrogens (tertiary/aromatic N) is 2. The summed E-state index contributed by atoms with van der Waals surface area (Å²) < 4.78 is 0. The average Bonchev–Trinajstić information content (AvgIpc) is 2.96. The fourth-order valence-corrected chi connectivity index (χ4v) is 3.19. The van der Waals surface area contributed by atoms with Crippen LogP contribution >= 0.6 is 0 Å². The zero-order valence-corrected chi connectivity index (χ0v) is 12.5. The van der Waals surface area contributed by atoms with E-state index in [1.165, 1.54) is 10.9 Å². The van der Waals surface area contributed by atoms with Crippen molar-refractivity contribution in [1.29, 1.82) is 0 Å². The van der Waals surface area contributed by atoms with Gasteiger partial charge in [-0.3, -0.25) is 0 Å². The number of aromatic nitrogens is 1. The quantitative estimate of drug-likeness (QED) is 0.884. The number of benzene rings is 1. The molecule has 2 N–H and O–H groups in total. The van der Waals surface area contributed by atoms with Gasteiger partial charge >= 0.3 is 0 Å². The molecular weight excluding hydrogens is 262 g/mol. The Labute approximate surface area is 125 Å². The molecule has 1 aromatic heterocycles. The van der Waals surface area contributed by atoms with Crippen LogP contribution in [0.1, 0.15) is 18.4 Å². The molecule has 4 heteroatoms. The van der Waals surface area contributed by atoms with Gasteiger partial charge in [0.1, 0.15) is 5.82 Å². The van der Waals surface area contributed by atoms with E-state index in [0.717, 1.165) is 43.8 Å². The van der Waals surface area contributed by atoms with Crippen molar-refractivity contribution in [3.8, 4) is 0 Å². The maximum Gasteiger partial charge on any atom is 0.133 e. The molecule has 0 radical (unpaired) electrons. The molecule has 0 amide bonds. The number of hydrogen-bond donors (Lipinski definition) is 2. The molecule has 112 valence electrons. The zero-order chi connectivity index (χ0) is 14.7. The topological polar surface area (TPSA) is 48.4 Å². The summed E-state index contributed by atoms with van der Waals surface area (Å²) in [5, 5.41) is 13.6. The Balaban J connectivity index is 1.94. The van der Waals surface area contributed by atoms with E-state index in [0.29, 0.717) is 5.92 Å². The van der Waals surface area contributed by atoms with Crippen molar-refractivity contribution in [1.82, 2.24) is 10.3 Å². The molecule has 2 heterocycles. The van der Waals surface area contributed by atoms with Gasteiger partial charge < -0.3 is 15.3 Å². The van der Waals surface area contributed by atoms with Crippen molar-refractivity contribution >= 4 is 16.7 Å². The average molecular weight is 285 g/mol. The molecule has 1 aliphatic rings. The van der Waals surface area contributed by atoms with Crippen molar-refractivity contribution in [2.75, 3.05) is 31.6 Å². The highest BCUT2D eigenvalue weighted by atomic mass is 16.3. The van der Waals surface area contributed by atoms with Crippen LogP contribution in [0.25, 0.3) is 10.9 Å². The van der Waals surface area contributed by atoms with Crippen molar-refractivity contribution in [2.45, 2.75) is 19.4 Å². The number of nitrogens with one attached hydrogen (secondary N) is 1. The summed E-state index contributed by atoms with van der Waals surface area (Å²) in [5.41, 5.74) is 2.30. The van der Waals surface area contributed by atoms with E-state index >= 15 is 0 Å². The van der Waals surface area contributed by atoms with Gasteiger partial charge in [0.15, 0.2) is 0 Å². The van der Waals surface area contributed by atoms with Crippen LogP contribution in [0.2, 0.25) is 0 Å². The molecule has 1 saturated heterocycles. The van der Waals surface area contributed by atoms with Crippen molar-refractivity contribution < 1.29 is 5.11 Å². The predicted octanol–water partition coefficient (Wildman–Crippen LogP) is 2.16. The summed E-state index contributed by atoms with van der Waals surface area (Å²) >= 11 is 0. The molecule has 1 aromatic carbocycles. The number of pyridine rings is 1. The van der Waals surface area contributed by atoms with Gasteiger partial charge in [-0.25, -0.2) is 4.98 Å². The van der Waals surface area contributed by atoms with Crippen LogP contribution in [0.3, 0.4) is 0 Å². The highest BCUT2D eigenvalue weighted by molar-refractivity contribution is 5.81. The van der Waals surface area contributed by atoms with Gasteiger partial charge in [0.2, 0.25) is 0 Å². The van der Waals surface area contributed by atoms with Crippen LogP contribution in [-0.2, 0) is 6.54 Å². The summed E-state index contributed by atoms with van der Waals surface area (Å²) in [5.74, 6) is 1.69. The fourth-order valence-electron chi connectivity index (χ4n) is 3.19. The third kappa shape index (κ3) is 3.01. The lowest BCUT2D eigenvalue weighted by Crippen LogP contribution is -2.23. The van der Waals surface area contributed by atoms with E-state index in [1.807, 2.05) is 13.1 Å². The monoisotopic (exact) mass is 285 g/mol. The van der Waals surface area contributed by atoms with Gasteiger partial charge in [-0.05, 0) is 37.9 Å². The lowest BCUT2D eigenvalue weighted by molar-refractivity contribution is 0.263. The van der Waals surface area contributed by atoms with Gasteiger partial charge in [0.05, 0.1) is 5.52 Å². The number of fused-ring (bicyclic) bond motifs is 1. The van der Waals surface area contributed by atoms with Crippen LogP contribution in [0.4, 0.5) is 5.82 Å². The highest BCUT2D eigenvalue weighted by Crippen LogP contribution is 2.29. The summed E-state index contributed by atoms with van der Waals surface area (Å²) in [7, 11) is 1.97. The first-order chi connectivity index (χ1) is 10.3. The third-order valence-electron chi connectivity index (χ3n) is 4.27. The minimum atomic E-state index is 0.285. The van der Waals surface area contributed by atoms with Crippen LogP contribution < -0.4 is 10.2 Å². The lowest BCUT2D eigenvalue weighted by atomic mass is 10.1. The van der Waals surface area contributed by atoms with Gasteiger partial charge in [0, 0.05) is 37.2 Å². The van der Waals surface area contributed by atoms with Gasteiger partial charge in [-0.15, -0.1) is 0 Å². The van der Waals surface area contributed by atoms with Crippen molar-refractivity contribution in [3.63, 3.8) is 0 Å². The zero-order valence-electron chi connectivity index (χ0n) is 12.5. The van der Waals surface area contributed by atoms with Crippen LogP contribution in [0, 0.1) is 5.92 Å². The number of rotatable bonds is 5. The Morgan fingerprint density at radius 1 is 1.38 bits per heavy atom. The van der Waals surface area contributed by atoms with Crippen molar-refractivity contribution in [2.24, 2.45) is 5.92 Å². The number of hydrogen-bond acceptors (Lipinski definition) is 4. The predicted molar refractivity (Wildman–Crippen MR) is 86.5 cm³/mol. The van der Waals surface area contributed by atoms with Gasteiger partial charge in [-0.2, -0.15) is 0 Å². The summed E-state index contributed by atoms with van der Waals surface area (Å²) in [6.45, 7) is 3.15. The minimum absolute atomic E-state index is 0.285. The number of aliphatic hydroxyl groups is 1. The van der Waals surface area contributed by atoms with Crippen LogP contribution in [0.15, 0.2) is 30.3 Å². The molecule has 0 aliphatic carbocycles. The smallest absolute Gasteiger partial charge is 0.133 e. The second-order valence-electron chi connectivity index (χ2n) is 5.81. The first-order valence-corrected chi connectivity index (χ1v) is 7.71. The highest BCUT2D eigenvalue weighted by Gasteiger charge is 2.24. The van der Waals surface area contributed by atoms with Crippen molar-refractivity contribution in [3.05, 3.63) is 35.9 Å². The number of anilines is 1. The SMILES string of the molecule is CNCc1cc2ccccc2nc1N1CCC(CCO)C1. The molecular formula is C17H23N3O. The molecule has 3 rings (SSSR count). The number of para-hydroxylation sites is 1. The summed E-state index contributed by atoms with van der Waals surface area (Å²) in [4.78, 5) is 7.27. The summed E-state index contributed by atoms with van der Waals surface area (Å²) in [6.07, 6.45) is 2.04. The lowest BCUT2D eigenvalue weighted by Gasteiger charge is -2.21. The maximum atomic E-state index is 9.12. The minimum Gasteiger partial charge on any atom is -0.396 e. The molecule has 1 aliphatic heterocycles. The van der Waals surface area contributed by atoms with E-state index < -0.39 is 0 Å².